The average molecular weight is 574 g/mol. The fraction of sp³-hybridized carbons (Fsp3) is 0.577. The number of carbonyl (C=O) groups excluding carboxylic acids is 1. The van der Waals surface area contributed by atoms with E-state index >= 15 is 4.39 Å². The van der Waals surface area contributed by atoms with Crippen LogP contribution in [-0.2, 0) is 24.1 Å². The van der Waals surface area contributed by atoms with Crippen molar-refractivity contribution in [3.8, 4) is 5.75 Å². The lowest BCUT2D eigenvalue weighted by Gasteiger charge is -2.50. The lowest BCUT2D eigenvalue weighted by Crippen LogP contribution is -2.58. The van der Waals surface area contributed by atoms with Crippen LogP contribution in [0.2, 0.25) is 0 Å². The van der Waals surface area contributed by atoms with Crippen LogP contribution in [0.1, 0.15) is 31.7 Å². The molecule has 4 aliphatic rings. The van der Waals surface area contributed by atoms with Crippen LogP contribution in [0.15, 0.2) is 35.3 Å². The standard InChI is InChI=1S/C26H30ClF2NO5S2/c1-16-13-17(3-4-19(16)27)37(32,33)26-8-11-34-22(7-12-36-15-23(31)30-9-2-10-30)18(26)14-35-25-21(29)6-5-20(28)24(25)26/h3-6,13,16,18-19,22H,2,7-12,14-15H2,1H3. The van der Waals surface area contributed by atoms with Gasteiger partial charge in [-0.2, -0.15) is 11.8 Å². The van der Waals surface area contributed by atoms with E-state index in [4.69, 9.17) is 21.1 Å². The van der Waals surface area contributed by atoms with Gasteiger partial charge in [-0.3, -0.25) is 4.79 Å². The predicted octanol–water partition coefficient (Wildman–Crippen LogP) is 4.43. The van der Waals surface area contributed by atoms with Crippen molar-refractivity contribution in [1.82, 2.24) is 4.90 Å². The highest BCUT2D eigenvalue weighted by Gasteiger charge is 2.61. The van der Waals surface area contributed by atoms with Gasteiger partial charge < -0.3 is 14.4 Å². The quantitative estimate of drug-likeness (QED) is 0.355. The molecule has 0 radical (unpaired) electrons. The molecule has 5 atom stereocenters. The van der Waals surface area contributed by atoms with E-state index in [-0.39, 0.29) is 53.1 Å². The summed E-state index contributed by atoms with van der Waals surface area (Å²) in [5.41, 5.74) is -0.257. The van der Waals surface area contributed by atoms with Crippen LogP contribution in [0.3, 0.4) is 0 Å². The predicted molar refractivity (Wildman–Crippen MR) is 139 cm³/mol. The molecule has 0 bridgehead atoms. The topological polar surface area (TPSA) is 72.9 Å². The molecule has 5 unspecified atom stereocenters. The maximum absolute atomic E-state index is 15.5. The van der Waals surface area contributed by atoms with Gasteiger partial charge in [-0.15, -0.1) is 11.6 Å². The van der Waals surface area contributed by atoms with Crippen molar-refractivity contribution in [2.45, 2.75) is 42.4 Å². The number of hydrogen-bond donors (Lipinski definition) is 0. The van der Waals surface area contributed by atoms with Crippen LogP contribution >= 0.6 is 23.4 Å². The Hall–Kier alpha value is -1.62. The number of likely N-dealkylation sites (tertiary alicyclic amines) is 1. The number of fused-ring (bicyclic) bond motifs is 3. The van der Waals surface area contributed by atoms with Crippen molar-refractivity contribution in [2.75, 3.05) is 37.8 Å². The molecule has 0 saturated carbocycles. The number of allylic oxidation sites excluding steroid dienone is 3. The second-order valence-electron chi connectivity index (χ2n) is 10.0. The zero-order valence-corrected chi connectivity index (χ0v) is 22.9. The normalized spacial score (nSPS) is 31.0. The summed E-state index contributed by atoms with van der Waals surface area (Å²) in [6, 6.07) is 1.92. The Kier molecular flexibility index (Phi) is 7.66. The van der Waals surface area contributed by atoms with Gasteiger partial charge in [-0.05, 0) is 49.1 Å². The lowest BCUT2D eigenvalue weighted by atomic mass is 9.75. The number of amides is 1. The SMILES string of the molecule is CC1C=C(S(=O)(=O)C23CCOC(CCSCC(=O)N4CCC4)C2COc2c(F)ccc(F)c23)C=CC1Cl. The molecule has 0 spiro atoms. The molecule has 0 aromatic heterocycles. The first kappa shape index (κ1) is 27.0. The van der Waals surface area contributed by atoms with Gasteiger partial charge in [0.1, 0.15) is 10.6 Å². The Balaban J connectivity index is 1.49. The molecule has 2 fully saturated rings. The number of ether oxygens (including phenoxy) is 2. The van der Waals surface area contributed by atoms with E-state index in [1.165, 1.54) is 17.8 Å². The molecule has 0 N–H and O–H groups in total. The Labute approximate surface area is 225 Å². The number of sulfone groups is 1. The summed E-state index contributed by atoms with van der Waals surface area (Å²) in [4.78, 5) is 14.1. The van der Waals surface area contributed by atoms with Crippen molar-refractivity contribution in [2.24, 2.45) is 11.8 Å². The minimum absolute atomic E-state index is 0.0301. The summed E-state index contributed by atoms with van der Waals surface area (Å²) in [6.07, 6.45) is 5.55. The van der Waals surface area contributed by atoms with Crippen LogP contribution < -0.4 is 4.74 Å². The van der Waals surface area contributed by atoms with Crippen molar-refractivity contribution >= 4 is 39.1 Å². The van der Waals surface area contributed by atoms with E-state index in [2.05, 4.69) is 0 Å². The number of rotatable bonds is 7. The second-order valence-corrected chi connectivity index (χ2v) is 13.8. The van der Waals surface area contributed by atoms with E-state index in [1.54, 1.807) is 12.2 Å². The Morgan fingerprint density at radius 2 is 2.03 bits per heavy atom. The molecule has 202 valence electrons. The summed E-state index contributed by atoms with van der Waals surface area (Å²) >= 11 is 7.74. The molecule has 1 amide bonds. The number of carbonyl (C=O) groups is 1. The Bertz CT molecular complexity index is 1240. The fourth-order valence-electron chi connectivity index (χ4n) is 5.68. The van der Waals surface area contributed by atoms with E-state index in [0.717, 1.165) is 31.6 Å². The van der Waals surface area contributed by atoms with Gasteiger partial charge in [-0.25, -0.2) is 17.2 Å². The molecule has 1 aliphatic carbocycles. The first-order chi connectivity index (χ1) is 17.7. The van der Waals surface area contributed by atoms with Crippen molar-refractivity contribution < 1.29 is 31.5 Å². The first-order valence-corrected chi connectivity index (χ1v) is 15.6. The molecule has 3 heterocycles. The van der Waals surface area contributed by atoms with Crippen molar-refractivity contribution in [3.63, 3.8) is 0 Å². The van der Waals surface area contributed by atoms with Gasteiger partial charge in [0.2, 0.25) is 5.91 Å². The summed E-state index contributed by atoms with van der Waals surface area (Å²) < 4.78 is 69.2. The van der Waals surface area contributed by atoms with Gasteiger partial charge in [-0.1, -0.05) is 19.1 Å². The molecule has 1 aromatic rings. The molecule has 6 nitrogen and oxygen atoms in total. The maximum Gasteiger partial charge on any atom is 0.232 e. The van der Waals surface area contributed by atoms with Gasteiger partial charge >= 0.3 is 0 Å². The smallest absolute Gasteiger partial charge is 0.232 e. The van der Waals surface area contributed by atoms with Gasteiger partial charge in [0.05, 0.1) is 34.3 Å². The molecule has 37 heavy (non-hydrogen) atoms. The van der Waals surface area contributed by atoms with E-state index < -0.39 is 38.2 Å². The van der Waals surface area contributed by atoms with Crippen LogP contribution in [0.4, 0.5) is 8.78 Å². The van der Waals surface area contributed by atoms with Gasteiger partial charge in [0.25, 0.3) is 0 Å². The molecule has 11 heteroatoms. The van der Waals surface area contributed by atoms with Crippen molar-refractivity contribution in [1.29, 1.82) is 0 Å². The zero-order chi connectivity index (χ0) is 26.4. The second kappa shape index (κ2) is 10.5. The molecule has 5 rings (SSSR count). The molecular weight excluding hydrogens is 544 g/mol. The molecular formula is C26H30ClF2NO5S2. The van der Waals surface area contributed by atoms with Gasteiger partial charge in [0.15, 0.2) is 21.4 Å². The minimum atomic E-state index is -4.22. The molecule has 2 saturated heterocycles. The monoisotopic (exact) mass is 573 g/mol. The molecule has 3 aliphatic heterocycles. The van der Waals surface area contributed by atoms with E-state index in [0.29, 0.717) is 17.9 Å². The van der Waals surface area contributed by atoms with Crippen LogP contribution in [0.25, 0.3) is 0 Å². The third-order valence-corrected chi connectivity index (χ3v) is 12.0. The minimum Gasteiger partial charge on any atom is -0.490 e. The van der Waals surface area contributed by atoms with Gasteiger partial charge in [0, 0.05) is 25.6 Å². The maximum atomic E-state index is 15.5. The molecule has 1 aromatic carbocycles. The average Bonchev–Trinajstić information content (AvgIpc) is 2.84. The highest BCUT2D eigenvalue weighted by atomic mass is 35.5. The summed E-state index contributed by atoms with van der Waals surface area (Å²) in [7, 11) is -4.22. The Morgan fingerprint density at radius 1 is 1.27 bits per heavy atom. The summed E-state index contributed by atoms with van der Waals surface area (Å²) in [5, 5.41) is -0.359. The van der Waals surface area contributed by atoms with Crippen molar-refractivity contribution in [3.05, 3.63) is 52.5 Å². The van der Waals surface area contributed by atoms with E-state index in [1.807, 2.05) is 11.8 Å². The van der Waals surface area contributed by atoms with Crippen LogP contribution in [0.5, 0.6) is 5.75 Å². The summed E-state index contributed by atoms with van der Waals surface area (Å²) in [5.74, 6) is -1.98. The zero-order valence-electron chi connectivity index (χ0n) is 20.5. The summed E-state index contributed by atoms with van der Waals surface area (Å²) in [6.45, 7) is 3.34. The number of thioether (sulfide) groups is 1. The van der Waals surface area contributed by atoms with Crippen LogP contribution in [0, 0.1) is 23.5 Å². The number of nitrogens with zero attached hydrogens (tertiary/aromatic N) is 1. The number of alkyl halides is 1. The highest BCUT2D eigenvalue weighted by molar-refractivity contribution is 7.99. The lowest BCUT2D eigenvalue weighted by molar-refractivity contribution is -0.131. The number of benzene rings is 1. The van der Waals surface area contributed by atoms with E-state index in [9.17, 15) is 17.6 Å². The number of hydrogen-bond acceptors (Lipinski definition) is 6. The highest BCUT2D eigenvalue weighted by Crippen LogP contribution is 2.56. The van der Waals surface area contributed by atoms with Crippen LogP contribution in [-0.4, -0.2) is 68.5 Å². The first-order valence-electron chi connectivity index (χ1n) is 12.5. The third-order valence-electron chi connectivity index (χ3n) is 7.89. The number of halogens is 3. The Morgan fingerprint density at radius 3 is 2.73 bits per heavy atom. The third kappa shape index (κ3) is 4.61. The largest absolute Gasteiger partial charge is 0.490 e. The fourth-order valence-corrected chi connectivity index (χ4v) is 9.23.